The smallest absolute Gasteiger partial charge is 0.323 e. The minimum Gasteiger partial charge on any atom is -0.323 e. The van der Waals surface area contributed by atoms with Gasteiger partial charge in [-0.1, -0.05) is 0 Å². The lowest BCUT2D eigenvalue weighted by Crippen LogP contribution is -2.22. The Kier molecular flexibility index (Phi) is 4.21. The van der Waals surface area contributed by atoms with Crippen LogP contribution >= 0.6 is 0 Å². The second-order valence-corrected chi connectivity index (χ2v) is 4.71. The monoisotopic (exact) mass is 295 g/mol. The molecule has 21 heavy (non-hydrogen) atoms. The normalized spacial score (nSPS) is 10.7. The Balaban J connectivity index is 2.02. The average Bonchev–Trinajstić information content (AvgIpc) is 2.66. The molecule has 0 unspecified atom stereocenters. The number of benzene rings is 1. The number of H-pyrrole nitrogens is 1. The molecule has 0 spiro atoms. The SMILES string of the molecule is Cc1[nH]c(=O)n(CCC(=O)Nc2cc(F)ccc2F)c1C. The van der Waals surface area contributed by atoms with Gasteiger partial charge in [0.1, 0.15) is 11.6 Å². The van der Waals surface area contributed by atoms with Gasteiger partial charge in [0.2, 0.25) is 5.91 Å². The van der Waals surface area contributed by atoms with Gasteiger partial charge >= 0.3 is 5.69 Å². The van der Waals surface area contributed by atoms with Gasteiger partial charge in [0.05, 0.1) is 5.69 Å². The third kappa shape index (κ3) is 3.36. The van der Waals surface area contributed by atoms with E-state index >= 15 is 0 Å². The lowest BCUT2D eigenvalue weighted by molar-refractivity contribution is -0.116. The molecular formula is C14H15F2N3O2. The second-order valence-electron chi connectivity index (χ2n) is 4.71. The summed E-state index contributed by atoms with van der Waals surface area (Å²) in [6.45, 7) is 3.69. The van der Waals surface area contributed by atoms with E-state index in [1.165, 1.54) is 4.57 Å². The molecule has 7 heteroatoms. The summed E-state index contributed by atoms with van der Waals surface area (Å²) >= 11 is 0. The van der Waals surface area contributed by atoms with Crippen LogP contribution in [-0.2, 0) is 11.3 Å². The molecule has 1 amide bonds. The zero-order valence-electron chi connectivity index (χ0n) is 11.7. The van der Waals surface area contributed by atoms with Crippen molar-refractivity contribution in [2.24, 2.45) is 0 Å². The van der Waals surface area contributed by atoms with Crippen molar-refractivity contribution in [3.63, 3.8) is 0 Å². The molecule has 5 nitrogen and oxygen atoms in total. The maximum atomic E-state index is 13.4. The summed E-state index contributed by atoms with van der Waals surface area (Å²) in [7, 11) is 0. The molecule has 2 N–H and O–H groups in total. The number of rotatable bonds is 4. The number of hydrogen-bond acceptors (Lipinski definition) is 2. The third-order valence-corrected chi connectivity index (χ3v) is 3.25. The number of carbonyl (C=O) groups excluding carboxylic acids is 1. The molecule has 0 radical (unpaired) electrons. The van der Waals surface area contributed by atoms with E-state index in [1.807, 2.05) is 0 Å². The summed E-state index contributed by atoms with van der Waals surface area (Å²) in [5.41, 5.74) is 0.963. The van der Waals surface area contributed by atoms with E-state index in [1.54, 1.807) is 13.8 Å². The molecule has 2 aromatic rings. The number of aromatic nitrogens is 2. The number of hydrogen-bond donors (Lipinski definition) is 2. The van der Waals surface area contributed by atoms with Crippen molar-refractivity contribution in [1.82, 2.24) is 9.55 Å². The minimum atomic E-state index is -0.712. The van der Waals surface area contributed by atoms with Gasteiger partial charge in [-0.25, -0.2) is 13.6 Å². The largest absolute Gasteiger partial charge is 0.325 e. The Labute approximate surface area is 119 Å². The van der Waals surface area contributed by atoms with E-state index in [-0.39, 0.29) is 24.3 Å². The van der Waals surface area contributed by atoms with Crippen LogP contribution in [0, 0.1) is 25.5 Å². The predicted molar refractivity (Wildman–Crippen MR) is 74.1 cm³/mol. The van der Waals surface area contributed by atoms with E-state index in [0.717, 1.165) is 29.6 Å². The molecule has 2 rings (SSSR count). The van der Waals surface area contributed by atoms with Crippen LogP contribution in [0.25, 0.3) is 0 Å². The molecule has 1 aromatic heterocycles. The number of nitrogens with zero attached hydrogens (tertiary/aromatic N) is 1. The number of aromatic amines is 1. The van der Waals surface area contributed by atoms with Crippen LogP contribution in [0.1, 0.15) is 17.8 Å². The zero-order valence-corrected chi connectivity index (χ0v) is 11.7. The first kappa shape index (κ1) is 15.0. The Morgan fingerprint density at radius 3 is 2.67 bits per heavy atom. The summed E-state index contributed by atoms with van der Waals surface area (Å²) in [6.07, 6.45) is -0.0198. The van der Waals surface area contributed by atoms with E-state index in [4.69, 9.17) is 0 Å². The molecule has 0 saturated heterocycles. The lowest BCUT2D eigenvalue weighted by Gasteiger charge is -2.07. The highest BCUT2D eigenvalue weighted by Gasteiger charge is 2.11. The maximum Gasteiger partial charge on any atom is 0.325 e. The van der Waals surface area contributed by atoms with Gasteiger partial charge in [-0.05, 0) is 26.0 Å². The van der Waals surface area contributed by atoms with E-state index in [2.05, 4.69) is 10.3 Å². The predicted octanol–water partition coefficient (Wildman–Crippen LogP) is 2.10. The van der Waals surface area contributed by atoms with Crippen LogP contribution in [0.15, 0.2) is 23.0 Å². The standard InChI is InChI=1S/C14H15F2N3O2/c1-8-9(2)19(14(21)17-8)6-5-13(20)18-12-7-10(15)3-4-11(12)16/h3-4,7H,5-6H2,1-2H3,(H,17,21)(H,18,20). The number of nitrogens with one attached hydrogen (secondary N) is 2. The van der Waals surface area contributed by atoms with Crippen molar-refractivity contribution in [2.75, 3.05) is 5.32 Å². The summed E-state index contributed by atoms with van der Waals surface area (Å²) in [5, 5.41) is 2.29. The van der Waals surface area contributed by atoms with Gasteiger partial charge in [-0.3, -0.25) is 9.36 Å². The van der Waals surface area contributed by atoms with Crippen molar-refractivity contribution < 1.29 is 13.6 Å². The van der Waals surface area contributed by atoms with Crippen molar-refractivity contribution >= 4 is 11.6 Å². The van der Waals surface area contributed by atoms with Gasteiger partial charge in [-0.2, -0.15) is 0 Å². The average molecular weight is 295 g/mol. The van der Waals surface area contributed by atoms with Crippen molar-refractivity contribution in [1.29, 1.82) is 0 Å². The number of imidazole rings is 1. The van der Waals surface area contributed by atoms with Crippen molar-refractivity contribution in [3.8, 4) is 0 Å². The second kappa shape index (κ2) is 5.90. The molecule has 0 atom stereocenters. The van der Waals surface area contributed by atoms with Crippen molar-refractivity contribution in [3.05, 3.63) is 51.7 Å². The first-order chi connectivity index (χ1) is 9.88. The Morgan fingerprint density at radius 2 is 2.05 bits per heavy atom. The first-order valence-electron chi connectivity index (χ1n) is 6.39. The van der Waals surface area contributed by atoms with Gasteiger partial charge in [0, 0.05) is 30.4 Å². The molecule has 0 aliphatic carbocycles. The van der Waals surface area contributed by atoms with Gasteiger partial charge in [0.15, 0.2) is 0 Å². The van der Waals surface area contributed by atoms with Crippen LogP contribution in [0.3, 0.4) is 0 Å². The minimum absolute atomic E-state index is 0.0198. The fraction of sp³-hybridized carbons (Fsp3) is 0.286. The third-order valence-electron chi connectivity index (χ3n) is 3.25. The van der Waals surface area contributed by atoms with Crippen molar-refractivity contribution in [2.45, 2.75) is 26.8 Å². The molecule has 112 valence electrons. The molecule has 0 aliphatic rings. The van der Waals surface area contributed by atoms with Gasteiger partial charge in [-0.15, -0.1) is 0 Å². The number of anilines is 1. The first-order valence-corrected chi connectivity index (χ1v) is 6.39. The highest BCUT2D eigenvalue weighted by atomic mass is 19.1. The molecular weight excluding hydrogens is 280 g/mol. The highest BCUT2D eigenvalue weighted by molar-refractivity contribution is 5.90. The van der Waals surface area contributed by atoms with Gasteiger partial charge in [0.25, 0.3) is 0 Å². The Bertz CT molecular complexity index is 734. The fourth-order valence-electron chi connectivity index (χ4n) is 1.96. The summed E-state index contributed by atoms with van der Waals surface area (Å²) in [5.74, 6) is -1.85. The quantitative estimate of drug-likeness (QED) is 0.907. The van der Waals surface area contributed by atoms with Crippen LogP contribution in [0.5, 0.6) is 0 Å². The Morgan fingerprint density at radius 1 is 1.33 bits per heavy atom. The fourth-order valence-corrected chi connectivity index (χ4v) is 1.96. The molecule has 1 aromatic carbocycles. The number of amides is 1. The highest BCUT2D eigenvalue weighted by Crippen LogP contribution is 2.15. The molecule has 0 aliphatic heterocycles. The number of aryl methyl sites for hydroxylation is 1. The Hall–Kier alpha value is -2.44. The number of carbonyl (C=O) groups is 1. The van der Waals surface area contributed by atoms with Crippen LogP contribution < -0.4 is 11.0 Å². The van der Waals surface area contributed by atoms with Crippen LogP contribution in [0.2, 0.25) is 0 Å². The molecule has 0 bridgehead atoms. The summed E-state index contributed by atoms with van der Waals surface area (Å²) in [6, 6.07) is 2.82. The summed E-state index contributed by atoms with van der Waals surface area (Å²) < 4.78 is 27.8. The van der Waals surface area contributed by atoms with Crippen LogP contribution in [0.4, 0.5) is 14.5 Å². The molecule has 1 heterocycles. The maximum absolute atomic E-state index is 13.4. The zero-order chi connectivity index (χ0) is 15.6. The van der Waals surface area contributed by atoms with E-state index in [0.29, 0.717) is 0 Å². The van der Waals surface area contributed by atoms with E-state index < -0.39 is 17.5 Å². The molecule has 0 saturated carbocycles. The topological polar surface area (TPSA) is 66.9 Å². The van der Waals surface area contributed by atoms with Gasteiger partial charge < -0.3 is 10.3 Å². The summed E-state index contributed by atoms with van der Waals surface area (Å²) in [4.78, 5) is 26.0. The number of halogens is 2. The van der Waals surface area contributed by atoms with E-state index in [9.17, 15) is 18.4 Å². The lowest BCUT2D eigenvalue weighted by atomic mass is 10.2. The molecule has 0 fully saturated rings. The van der Waals surface area contributed by atoms with Crippen LogP contribution in [-0.4, -0.2) is 15.5 Å².